The minimum atomic E-state index is 0.394. The Balaban J connectivity index is 1.98. The van der Waals surface area contributed by atoms with Crippen molar-refractivity contribution >= 4 is 11.8 Å². The number of aryl methyl sites for hydroxylation is 1. The topological polar surface area (TPSA) is 12.0 Å². The number of thioether (sulfide) groups is 1. The number of rotatable bonds is 6. The Bertz CT molecular complexity index is 524. The molecule has 0 bridgehead atoms. The molecule has 2 unspecified atom stereocenters. The molecule has 0 saturated carbocycles. The Morgan fingerprint density at radius 1 is 1.05 bits per heavy atom. The van der Waals surface area contributed by atoms with Gasteiger partial charge in [0.25, 0.3) is 0 Å². The molecule has 0 radical (unpaired) electrons. The molecule has 0 aliphatic rings. The van der Waals surface area contributed by atoms with E-state index in [0.29, 0.717) is 11.3 Å². The fraction of sp³-hybridized carbons (Fsp3) is 0.333. The van der Waals surface area contributed by atoms with Gasteiger partial charge in [-0.15, -0.1) is 0 Å². The minimum absolute atomic E-state index is 0.394. The van der Waals surface area contributed by atoms with Crippen molar-refractivity contribution in [2.24, 2.45) is 0 Å². The smallest absolute Gasteiger partial charge is 0.0435 e. The van der Waals surface area contributed by atoms with Crippen LogP contribution in [0.15, 0.2) is 54.6 Å². The van der Waals surface area contributed by atoms with Crippen LogP contribution in [0.4, 0.5) is 0 Å². The van der Waals surface area contributed by atoms with Crippen molar-refractivity contribution in [1.29, 1.82) is 0 Å². The summed E-state index contributed by atoms with van der Waals surface area (Å²) in [6.45, 7) is 4.45. The van der Waals surface area contributed by atoms with Gasteiger partial charge >= 0.3 is 0 Å². The van der Waals surface area contributed by atoms with Gasteiger partial charge in [-0.05, 0) is 25.1 Å². The van der Waals surface area contributed by atoms with Gasteiger partial charge in [-0.3, -0.25) is 0 Å². The molecule has 0 amide bonds. The second-order valence-corrected chi connectivity index (χ2v) is 6.55. The maximum Gasteiger partial charge on any atom is 0.0435 e. The third kappa shape index (κ3) is 4.12. The molecule has 20 heavy (non-hydrogen) atoms. The summed E-state index contributed by atoms with van der Waals surface area (Å²) in [7, 11) is 2.04. The highest BCUT2D eigenvalue weighted by Gasteiger charge is 2.17. The van der Waals surface area contributed by atoms with Gasteiger partial charge in [0, 0.05) is 17.0 Å². The molecular weight excluding hydrogens is 262 g/mol. The molecule has 2 aromatic carbocycles. The lowest BCUT2D eigenvalue weighted by molar-refractivity contribution is 0.589. The van der Waals surface area contributed by atoms with Gasteiger partial charge in [-0.2, -0.15) is 11.8 Å². The number of hydrogen-bond acceptors (Lipinski definition) is 2. The van der Waals surface area contributed by atoms with Crippen LogP contribution in [0, 0.1) is 6.92 Å². The summed E-state index contributed by atoms with van der Waals surface area (Å²) in [5.74, 6) is 1.06. The van der Waals surface area contributed by atoms with Gasteiger partial charge in [-0.1, -0.05) is 67.1 Å². The molecule has 1 N–H and O–H groups in total. The third-order valence-corrected chi connectivity index (χ3v) is 4.83. The first kappa shape index (κ1) is 15.1. The van der Waals surface area contributed by atoms with Crippen LogP contribution < -0.4 is 5.32 Å². The molecule has 2 atom stereocenters. The van der Waals surface area contributed by atoms with Gasteiger partial charge in [0.05, 0.1) is 0 Å². The van der Waals surface area contributed by atoms with Crippen molar-refractivity contribution in [1.82, 2.24) is 5.32 Å². The van der Waals surface area contributed by atoms with Crippen LogP contribution in [0.3, 0.4) is 0 Å². The highest BCUT2D eigenvalue weighted by molar-refractivity contribution is 7.99. The van der Waals surface area contributed by atoms with Crippen LogP contribution in [0.1, 0.15) is 29.7 Å². The van der Waals surface area contributed by atoms with E-state index in [9.17, 15) is 0 Å². The monoisotopic (exact) mass is 285 g/mol. The molecule has 2 heteroatoms. The lowest BCUT2D eigenvalue weighted by Gasteiger charge is -2.23. The van der Waals surface area contributed by atoms with Crippen molar-refractivity contribution in [2.75, 3.05) is 7.05 Å². The van der Waals surface area contributed by atoms with E-state index in [2.05, 4.69) is 73.8 Å². The molecule has 0 heterocycles. The Morgan fingerprint density at radius 3 is 2.45 bits per heavy atom. The molecule has 2 aromatic rings. The summed E-state index contributed by atoms with van der Waals surface area (Å²) in [4.78, 5) is 0. The molecule has 0 aromatic heterocycles. The molecule has 0 aliphatic carbocycles. The van der Waals surface area contributed by atoms with Gasteiger partial charge in [0.1, 0.15) is 0 Å². The Morgan fingerprint density at radius 2 is 1.80 bits per heavy atom. The summed E-state index contributed by atoms with van der Waals surface area (Å²) in [5, 5.41) is 3.98. The molecular formula is C18H23NS. The van der Waals surface area contributed by atoms with Crippen LogP contribution in [0.25, 0.3) is 0 Å². The summed E-state index contributed by atoms with van der Waals surface area (Å²) >= 11 is 2.00. The van der Waals surface area contributed by atoms with E-state index in [0.717, 1.165) is 5.75 Å². The maximum absolute atomic E-state index is 3.44. The van der Waals surface area contributed by atoms with E-state index in [1.54, 1.807) is 0 Å². The zero-order chi connectivity index (χ0) is 14.4. The average Bonchev–Trinajstić information content (AvgIpc) is 2.47. The quantitative estimate of drug-likeness (QED) is 0.834. The Kier molecular flexibility index (Phi) is 5.69. The fourth-order valence-electron chi connectivity index (χ4n) is 2.46. The minimum Gasteiger partial charge on any atom is -0.312 e. The first-order valence-corrected chi connectivity index (χ1v) is 8.15. The highest BCUT2D eigenvalue weighted by Crippen LogP contribution is 2.28. The number of hydrogen-bond donors (Lipinski definition) is 1. The molecule has 2 rings (SSSR count). The lowest BCUT2D eigenvalue weighted by Crippen LogP contribution is -2.25. The second-order valence-electron chi connectivity index (χ2n) is 5.18. The fourth-order valence-corrected chi connectivity index (χ4v) is 3.58. The van der Waals surface area contributed by atoms with Crippen LogP contribution in [0.5, 0.6) is 0 Å². The van der Waals surface area contributed by atoms with Crippen molar-refractivity contribution in [2.45, 2.75) is 30.9 Å². The van der Waals surface area contributed by atoms with E-state index < -0.39 is 0 Å². The molecule has 0 fully saturated rings. The molecule has 0 saturated heterocycles. The third-order valence-electron chi connectivity index (χ3n) is 3.53. The summed E-state index contributed by atoms with van der Waals surface area (Å²) < 4.78 is 0. The van der Waals surface area contributed by atoms with Gasteiger partial charge in [0.2, 0.25) is 0 Å². The van der Waals surface area contributed by atoms with Crippen LogP contribution in [-0.2, 0) is 5.75 Å². The van der Waals surface area contributed by atoms with Crippen LogP contribution in [-0.4, -0.2) is 12.3 Å². The Labute approximate surface area is 126 Å². The lowest BCUT2D eigenvalue weighted by atomic mass is 10.0. The average molecular weight is 285 g/mol. The van der Waals surface area contributed by atoms with E-state index in [1.165, 1.54) is 16.7 Å². The summed E-state index contributed by atoms with van der Waals surface area (Å²) in [6.07, 6.45) is 0. The van der Waals surface area contributed by atoms with Crippen molar-refractivity contribution < 1.29 is 0 Å². The van der Waals surface area contributed by atoms with Crippen molar-refractivity contribution in [3.63, 3.8) is 0 Å². The number of nitrogens with one attached hydrogen (secondary N) is 1. The van der Waals surface area contributed by atoms with Crippen molar-refractivity contribution in [3.8, 4) is 0 Å². The SMILES string of the molecule is CNC(c1ccccc1)C(C)SCc1cccc(C)c1. The zero-order valence-corrected chi connectivity index (χ0v) is 13.3. The summed E-state index contributed by atoms with van der Waals surface area (Å²) in [5.41, 5.74) is 4.10. The Hall–Kier alpha value is -1.25. The van der Waals surface area contributed by atoms with Crippen LogP contribution >= 0.6 is 11.8 Å². The largest absolute Gasteiger partial charge is 0.312 e. The normalized spacial score (nSPS) is 13.9. The van der Waals surface area contributed by atoms with E-state index >= 15 is 0 Å². The molecule has 0 spiro atoms. The standard InChI is InChI=1S/C18H23NS/c1-14-8-7-9-16(12-14)13-20-15(2)18(19-3)17-10-5-4-6-11-17/h4-12,15,18-19H,13H2,1-3H3. The first-order valence-electron chi connectivity index (χ1n) is 7.10. The summed E-state index contributed by atoms with van der Waals surface area (Å²) in [6, 6.07) is 19.9. The predicted molar refractivity (Wildman–Crippen MR) is 90.2 cm³/mol. The van der Waals surface area contributed by atoms with E-state index in [4.69, 9.17) is 0 Å². The second kappa shape index (κ2) is 7.51. The maximum atomic E-state index is 3.44. The van der Waals surface area contributed by atoms with Gasteiger partial charge < -0.3 is 5.32 Å². The molecule has 106 valence electrons. The van der Waals surface area contributed by atoms with Crippen LogP contribution in [0.2, 0.25) is 0 Å². The molecule has 1 nitrogen and oxygen atoms in total. The van der Waals surface area contributed by atoms with Gasteiger partial charge in [0.15, 0.2) is 0 Å². The van der Waals surface area contributed by atoms with E-state index in [1.807, 2.05) is 18.8 Å². The highest BCUT2D eigenvalue weighted by atomic mass is 32.2. The zero-order valence-electron chi connectivity index (χ0n) is 12.5. The first-order chi connectivity index (χ1) is 9.70. The molecule has 0 aliphatic heterocycles. The van der Waals surface area contributed by atoms with Crippen molar-refractivity contribution in [3.05, 3.63) is 71.3 Å². The van der Waals surface area contributed by atoms with Gasteiger partial charge in [-0.25, -0.2) is 0 Å². The number of benzene rings is 2. The predicted octanol–water partition coefficient (Wildman–Crippen LogP) is 4.58. The van der Waals surface area contributed by atoms with E-state index in [-0.39, 0.29) is 0 Å².